The molecule has 0 spiro atoms. The van der Waals surface area contributed by atoms with E-state index >= 15 is 0 Å². The van der Waals surface area contributed by atoms with Crippen LogP contribution in [0, 0.1) is 5.82 Å². The van der Waals surface area contributed by atoms with Crippen LogP contribution in [-0.4, -0.2) is 33.0 Å². The molecule has 138 valence electrons. The standard InChI is InChI=1S/C17H18FN3O4S/c1-12(22)19-14-6-4-7-15(10-14)20-17(23)11-21(26(2,24)25)16-8-3-5-13(18)9-16/h3-10H,11H2,1-2H3,(H,19,22)(H,20,23). The van der Waals surface area contributed by atoms with Crippen molar-refractivity contribution in [2.75, 3.05) is 27.7 Å². The lowest BCUT2D eigenvalue weighted by atomic mass is 10.2. The third-order valence-corrected chi connectivity index (χ3v) is 4.39. The van der Waals surface area contributed by atoms with Crippen LogP contribution in [-0.2, 0) is 19.6 Å². The highest BCUT2D eigenvalue weighted by atomic mass is 32.2. The molecule has 0 bridgehead atoms. The SMILES string of the molecule is CC(=O)Nc1cccc(NC(=O)CN(c2cccc(F)c2)S(C)(=O)=O)c1. The maximum Gasteiger partial charge on any atom is 0.245 e. The van der Waals surface area contributed by atoms with Crippen LogP contribution in [0.25, 0.3) is 0 Å². The largest absolute Gasteiger partial charge is 0.326 e. The number of nitrogens with one attached hydrogen (secondary N) is 2. The van der Waals surface area contributed by atoms with Gasteiger partial charge in [-0.25, -0.2) is 12.8 Å². The van der Waals surface area contributed by atoms with Gasteiger partial charge in [-0.15, -0.1) is 0 Å². The Hall–Kier alpha value is -2.94. The average Bonchev–Trinajstić information content (AvgIpc) is 2.51. The minimum atomic E-state index is -3.80. The topological polar surface area (TPSA) is 95.6 Å². The normalized spacial score (nSPS) is 10.9. The van der Waals surface area contributed by atoms with Gasteiger partial charge in [0.1, 0.15) is 12.4 Å². The molecule has 2 rings (SSSR count). The second kappa shape index (κ2) is 7.96. The molecule has 0 aromatic heterocycles. The van der Waals surface area contributed by atoms with Crippen molar-refractivity contribution in [3.8, 4) is 0 Å². The Kier molecular flexibility index (Phi) is 5.93. The van der Waals surface area contributed by atoms with Crippen LogP contribution in [0.15, 0.2) is 48.5 Å². The zero-order valence-corrected chi connectivity index (χ0v) is 15.0. The van der Waals surface area contributed by atoms with E-state index in [-0.39, 0.29) is 11.6 Å². The van der Waals surface area contributed by atoms with Gasteiger partial charge in [-0.05, 0) is 36.4 Å². The fourth-order valence-electron chi connectivity index (χ4n) is 2.24. The van der Waals surface area contributed by atoms with Crippen molar-refractivity contribution in [3.63, 3.8) is 0 Å². The van der Waals surface area contributed by atoms with E-state index in [4.69, 9.17) is 0 Å². The summed E-state index contributed by atoms with van der Waals surface area (Å²) in [5.74, 6) is -1.48. The molecule has 26 heavy (non-hydrogen) atoms. The first-order valence-corrected chi connectivity index (χ1v) is 9.41. The number of sulfonamides is 1. The molecular weight excluding hydrogens is 361 g/mol. The summed E-state index contributed by atoms with van der Waals surface area (Å²) in [5, 5.41) is 5.13. The van der Waals surface area contributed by atoms with E-state index in [9.17, 15) is 22.4 Å². The smallest absolute Gasteiger partial charge is 0.245 e. The van der Waals surface area contributed by atoms with Crippen molar-refractivity contribution < 1.29 is 22.4 Å². The Morgan fingerprint density at radius 1 is 1.04 bits per heavy atom. The molecule has 0 saturated carbocycles. The van der Waals surface area contributed by atoms with Gasteiger partial charge in [-0.2, -0.15) is 0 Å². The van der Waals surface area contributed by atoms with E-state index in [0.29, 0.717) is 11.4 Å². The molecule has 0 aliphatic rings. The molecular formula is C17H18FN3O4S. The predicted octanol–water partition coefficient (Wildman–Crippen LogP) is 2.19. The summed E-state index contributed by atoms with van der Waals surface area (Å²) in [7, 11) is -3.80. The summed E-state index contributed by atoms with van der Waals surface area (Å²) in [5.41, 5.74) is 0.920. The summed E-state index contributed by atoms with van der Waals surface area (Å²) in [6.45, 7) is 0.834. The number of rotatable bonds is 6. The number of carbonyl (C=O) groups excluding carboxylic acids is 2. The Labute approximate surface area is 150 Å². The highest BCUT2D eigenvalue weighted by molar-refractivity contribution is 7.92. The lowest BCUT2D eigenvalue weighted by molar-refractivity contribution is -0.115. The summed E-state index contributed by atoms with van der Waals surface area (Å²) >= 11 is 0. The van der Waals surface area contributed by atoms with E-state index in [1.165, 1.54) is 31.2 Å². The van der Waals surface area contributed by atoms with Gasteiger partial charge in [-0.1, -0.05) is 12.1 Å². The summed E-state index contributed by atoms with van der Waals surface area (Å²) in [6.07, 6.45) is 0.933. The molecule has 0 aliphatic heterocycles. The number of hydrogen-bond donors (Lipinski definition) is 2. The van der Waals surface area contributed by atoms with E-state index in [2.05, 4.69) is 10.6 Å². The first kappa shape index (κ1) is 19.4. The minimum Gasteiger partial charge on any atom is -0.326 e. The average molecular weight is 379 g/mol. The van der Waals surface area contributed by atoms with Gasteiger partial charge < -0.3 is 10.6 Å². The van der Waals surface area contributed by atoms with Gasteiger partial charge in [-0.3, -0.25) is 13.9 Å². The van der Waals surface area contributed by atoms with Crippen LogP contribution >= 0.6 is 0 Å². The minimum absolute atomic E-state index is 0.0506. The molecule has 2 aromatic carbocycles. The number of amides is 2. The number of hydrogen-bond acceptors (Lipinski definition) is 4. The molecule has 0 radical (unpaired) electrons. The number of anilines is 3. The maximum atomic E-state index is 13.4. The molecule has 0 atom stereocenters. The highest BCUT2D eigenvalue weighted by Gasteiger charge is 2.21. The number of halogens is 1. The van der Waals surface area contributed by atoms with Gasteiger partial charge in [0, 0.05) is 18.3 Å². The molecule has 2 amide bonds. The van der Waals surface area contributed by atoms with Crippen LogP contribution < -0.4 is 14.9 Å². The Balaban J connectivity index is 2.17. The molecule has 7 nitrogen and oxygen atoms in total. The van der Waals surface area contributed by atoms with Gasteiger partial charge in [0.2, 0.25) is 21.8 Å². The number of nitrogens with zero attached hydrogens (tertiary/aromatic N) is 1. The summed E-state index contributed by atoms with van der Waals surface area (Å²) in [6, 6.07) is 11.4. The molecule has 9 heteroatoms. The fourth-order valence-corrected chi connectivity index (χ4v) is 3.09. The van der Waals surface area contributed by atoms with Crippen molar-refractivity contribution in [2.24, 2.45) is 0 Å². The predicted molar refractivity (Wildman–Crippen MR) is 98.0 cm³/mol. The molecule has 0 saturated heterocycles. The first-order chi connectivity index (χ1) is 12.1. The van der Waals surface area contributed by atoms with Gasteiger partial charge >= 0.3 is 0 Å². The van der Waals surface area contributed by atoms with Crippen LogP contribution in [0.1, 0.15) is 6.92 Å². The van der Waals surface area contributed by atoms with Gasteiger partial charge in [0.25, 0.3) is 0 Å². The first-order valence-electron chi connectivity index (χ1n) is 7.56. The molecule has 0 heterocycles. The van der Waals surface area contributed by atoms with E-state index in [0.717, 1.165) is 16.6 Å². The Morgan fingerprint density at radius 3 is 2.23 bits per heavy atom. The summed E-state index contributed by atoms with van der Waals surface area (Å²) < 4.78 is 38.2. The molecule has 0 fully saturated rings. The summed E-state index contributed by atoms with van der Waals surface area (Å²) in [4.78, 5) is 23.3. The maximum absolute atomic E-state index is 13.4. The van der Waals surface area contributed by atoms with Crippen LogP contribution in [0.2, 0.25) is 0 Å². The molecule has 2 N–H and O–H groups in total. The monoisotopic (exact) mass is 379 g/mol. The van der Waals surface area contributed by atoms with E-state index in [1.54, 1.807) is 18.2 Å². The third-order valence-electron chi connectivity index (χ3n) is 3.25. The fraction of sp³-hybridized carbons (Fsp3) is 0.176. The van der Waals surface area contributed by atoms with Gasteiger partial charge in [0.15, 0.2) is 0 Å². The zero-order valence-electron chi connectivity index (χ0n) is 14.2. The quantitative estimate of drug-likeness (QED) is 0.804. The van der Waals surface area contributed by atoms with Crippen molar-refractivity contribution in [2.45, 2.75) is 6.92 Å². The van der Waals surface area contributed by atoms with Crippen molar-refractivity contribution >= 4 is 38.9 Å². The lowest BCUT2D eigenvalue weighted by Crippen LogP contribution is -2.37. The van der Waals surface area contributed by atoms with Crippen molar-refractivity contribution in [1.29, 1.82) is 0 Å². The zero-order chi connectivity index (χ0) is 19.3. The highest BCUT2D eigenvalue weighted by Crippen LogP contribution is 2.19. The van der Waals surface area contributed by atoms with Crippen LogP contribution in [0.5, 0.6) is 0 Å². The Bertz CT molecular complexity index is 931. The molecule has 2 aromatic rings. The lowest BCUT2D eigenvalue weighted by Gasteiger charge is -2.22. The van der Waals surface area contributed by atoms with Crippen LogP contribution in [0.4, 0.5) is 21.5 Å². The number of benzene rings is 2. The van der Waals surface area contributed by atoms with E-state index < -0.39 is 28.3 Å². The second-order valence-corrected chi connectivity index (χ2v) is 7.47. The van der Waals surface area contributed by atoms with Crippen molar-refractivity contribution in [3.05, 3.63) is 54.3 Å². The van der Waals surface area contributed by atoms with E-state index in [1.807, 2.05) is 0 Å². The van der Waals surface area contributed by atoms with Crippen LogP contribution in [0.3, 0.4) is 0 Å². The Morgan fingerprint density at radius 2 is 1.65 bits per heavy atom. The molecule has 0 unspecified atom stereocenters. The van der Waals surface area contributed by atoms with Gasteiger partial charge in [0.05, 0.1) is 11.9 Å². The molecule has 0 aliphatic carbocycles. The van der Waals surface area contributed by atoms with Crippen molar-refractivity contribution in [1.82, 2.24) is 0 Å². The second-order valence-electron chi connectivity index (χ2n) is 5.56. The third kappa shape index (κ3) is 5.55. The number of carbonyl (C=O) groups is 2.